The quantitative estimate of drug-likeness (QED) is 0.605. The number of methoxy groups -OCH3 is 2. The SMILES string of the molecule is COc1ccc(N2C(=O)C(Nc3cccc(C)c3)=C(c3ccccc3)C2=O)cc1OC. The maximum absolute atomic E-state index is 13.5. The Morgan fingerprint density at radius 2 is 1.52 bits per heavy atom. The summed E-state index contributed by atoms with van der Waals surface area (Å²) >= 11 is 0. The second-order valence-electron chi connectivity index (χ2n) is 7.10. The number of hydrogen-bond acceptors (Lipinski definition) is 5. The number of anilines is 2. The molecule has 4 rings (SSSR count). The fourth-order valence-electron chi connectivity index (χ4n) is 3.58. The lowest BCUT2D eigenvalue weighted by molar-refractivity contribution is -0.120. The average Bonchev–Trinajstić information content (AvgIpc) is 3.03. The van der Waals surface area contributed by atoms with Gasteiger partial charge >= 0.3 is 0 Å². The van der Waals surface area contributed by atoms with Crippen LogP contribution in [0.1, 0.15) is 11.1 Å². The van der Waals surface area contributed by atoms with E-state index < -0.39 is 11.8 Å². The zero-order chi connectivity index (χ0) is 22.0. The van der Waals surface area contributed by atoms with Gasteiger partial charge in [-0.15, -0.1) is 0 Å². The van der Waals surface area contributed by atoms with Crippen molar-refractivity contribution in [2.24, 2.45) is 0 Å². The summed E-state index contributed by atoms with van der Waals surface area (Å²) in [5, 5.41) is 3.17. The summed E-state index contributed by atoms with van der Waals surface area (Å²) < 4.78 is 10.6. The molecule has 1 aliphatic heterocycles. The zero-order valence-electron chi connectivity index (χ0n) is 17.5. The minimum Gasteiger partial charge on any atom is -0.493 e. The van der Waals surface area contributed by atoms with Crippen molar-refractivity contribution in [3.63, 3.8) is 0 Å². The highest BCUT2D eigenvalue weighted by molar-refractivity contribution is 6.46. The van der Waals surface area contributed by atoms with Gasteiger partial charge in [0.2, 0.25) is 0 Å². The minimum absolute atomic E-state index is 0.233. The predicted octanol–water partition coefficient (Wildman–Crippen LogP) is 4.41. The van der Waals surface area contributed by atoms with E-state index in [1.807, 2.05) is 61.5 Å². The normalized spacial score (nSPS) is 13.6. The molecule has 0 spiro atoms. The molecule has 2 amide bonds. The van der Waals surface area contributed by atoms with E-state index in [9.17, 15) is 9.59 Å². The Hall–Kier alpha value is -4.06. The molecule has 0 aliphatic carbocycles. The van der Waals surface area contributed by atoms with Crippen molar-refractivity contribution >= 4 is 28.8 Å². The smallest absolute Gasteiger partial charge is 0.282 e. The second-order valence-corrected chi connectivity index (χ2v) is 7.10. The molecular weight excluding hydrogens is 392 g/mol. The lowest BCUT2D eigenvalue weighted by atomic mass is 10.0. The first-order valence-corrected chi connectivity index (χ1v) is 9.77. The standard InChI is InChI=1S/C25H22N2O4/c1-16-8-7-11-18(14-16)26-23-22(17-9-5-4-6-10-17)24(28)27(25(23)29)19-12-13-20(30-2)21(15-19)31-3/h4-15,26H,1-3H3. The van der Waals surface area contributed by atoms with Crippen molar-refractivity contribution in [2.75, 3.05) is 24.4 Å². The highest BCUT2D eigenvalue weighted by Crippen LogP contribution is 2.37. The molecule has 1 N–H and O–H groups in total. The molecule has 3 aromatic rings. The van der Waals surface area contributed by atoms with Gasteiger partial charge in [-0.2, -0.15) is 0 Å². The third-order valence-electron chi connectivity index (χ3n) is 5.06. The molecule has 0 saturated carbocycles. The van der Waals surface area contributed by atoms with E-state index in [0.717, 1.165) is 16.2 Å². The first kappa shape index (κ1) is 20.2. The number of benzene rings is 3. The molecule has 0 radical (unpaired) electrons. The van der Waals surface area contributed by atoms with E-state index in [-0.39, 0.29) is 5.70 Å². The van der Waals surface area contributed by atoms with Gasteiger partial charge in [0.1, 0.15) is 5.70 Å². The summed E-state index contributed by atoms with van der Waals surface area (Å²) in [5.74, 6) is 0.109. The van der Waals surface area contributed by atoms with Gasteiger partial charge in [0, 0.05) is 11.8 Å². The number of aryl methyl sites for hydroxylation is 1. The van der Waals surface area contributed by atoms with Crippen molar-refractivity contribution in [3.8, 4) is 11.5 Å². The molecule has 0 fully saturated rings. The molecule has 0 atom stereocenters. The summed E-state index contributed by atoms with van der Waals surface area (Å²) in [4.78, 5) is 28.1. The Kier molecular flexibility index (Phi) is 5.45. The number of hydrogen-bond donors (Lipinski definition) is 1. The third kappa shape index (κ3) is 3.75. The number of imide groups is 1. The molecule has 156 valence electrons. The van der Waals surface area contributed by atoms with Crippen molar-refractivity contribution < 1.29 is 19.1 Å². The Labute approximate surface area is 180 Å². The summed E-state index contributed by atoms with van der Waals surface area (Å²) in [6.45, 7) is 1.97. The monoisotopic (exact) mass is 414 g/mol. The summed E-state index contributed by atoms with van der Waals surface area (Å²) in [5.41, 5.74) is 3.40. The van der Waals surface area contributed by atoms with Crippen LogP contribution in [-0.2, 0) is 9.59 Å². The number of ether oxygens (including phenoxy) is 2. The molecule has 0 bridgehead atoms. The molecule has 1 aliphatic rings. The predicted molar refractivity (Wildman–Crippen MR) is 120 cm³/mol. The van der Waals surface area contributed by atoms with Crippen LogP contribution in [0.15, 0.2) is 78.5 Å². The molecule has 6 heteroatoms. The van der Waals surface area contributed by atoms with Crippen molar-refractivity contribution in [2.45, 2.75) is 6.92 Å². The van der Waals surface area contributed by atoms with Crippen LogP contribution in [0.3, 0.4) is 0 Å². The highest BCUT2D eigenvalue weighted by Gasteiger charge is 2.40. The van der Waals surface area contributed by atoms with Crippen LogP contribution in [0, 0.1) is 6.92 Å². The Morgan fingerprint density at radius 3 is 2.19 bits per heavy atom. The number of carbonyl (C=O) groups is 2. The lowest BCUT2D eigenvalue weighted by Crippen LogP contribution is -2.32. The van der Waals surface area contributed by atoms with E-state index in [0.29, 0.717) is 28.3 Å². The largest absolute Gasteiger partial charge is 0.493 e. The number of carbonyl (C=O) groups excluding carboxylic acids is 2. The average molecular weight is 414 g/mol. The molecular formula is C25H22N2O4. The second kappa shape index (κ2) is 8.36. The fraction of sp³-hybridized carbons (Fsp3) is 0.120. The summed E-state index contributed by atoms with van der Waals surface area (Å²) in [7, 11) is 3.04. The van der Waals surface area contributed by atoms with Gasteiger partial charge in [-0.05, 0) is 42.3 Å². The van der Waals surface area contributed by atoms with Gasteiger partial charge < -0.3 is 14.8 Å². The van der Waals surface area contributed by atoms with E-state index in [1.165, 1.54) is 14.2 Å². The first-order valence-electron chi connectivity index (χ1n) is 9.77. The van der Waals surface area contributed by atoms with Crippen LogP contribution in [0.5, 0.6) is 11.5 Å². The number of nitrogens with zero attached hydrogens (tertiary/aromatic N) is 1. The number of rotatable bonds is 6. The first-order chi connectivity index (χ1) is 15.0. The minimum atomic E-state index is -0.433. The van der Waals surface area contributed by atoms with Gasteiger partial charge in [0.25, 0.3) is 11.8 Å². The van der Waals surface area contributed by atoms with Crippen molar-refractivity contribution in [1.82, 2.24) is 0 Å². The van der Waals surface area contributed by atoms with E-state index in [4.69, 9.17) is 9.47 Å². The highest BCUT2D eigenvalue weighted by atomic mass is 16.5. The topological polar surface area (TPSA) is 67.9 Å². The molecule has 0 unspecified atom stereocenters. The Balaban J connectivity index is 1.81. The molecule has 0 saturated heterocycles. The molecule has 0 aromatic heterocycles. The van der Waals surface area contributed by atoms with Crippen LogP contribution in [0.25, 0.3) is 5.57 Å². The number of amides is 2. The van der Waals surface area contributed by atoms with Gasteiger partial charge in [0.05, 0.1) is 25.5 Å². The fourth-order valence-corrected chi connectivity index (χ4v) is 3.58. The zero-order valence-corrected chi connectivity index (χ0v) is 17.5. The Morgan fingerprint density at radius 1 is 0.774 bits per heavy atom. The maximum Gasteiger partial charge on any atom is 0.282 e. The maximum atomic E-state index is 13.5. The molecule has 31 heavy (non-hydrogen) atoms. The van der Waals surface area contributed by atoms with E-state index >= 15 is 0 Å². The van der Waals surface area contributed by atoms with E-state index in [1.54, 1.807) is 18.2 Å². The van der Waals surface area contributed by atoms with Gasteiger partial charge in [-0.3, -0.25) is 9.59 Å². The molecule has 1 heterocycles. The summed E-state index contributed by atoms with van der Waals surface area (Å²) in [6.07, 6.45) is 0. The van der Waals surface area contributed by atoms with Gasteiger partial charge in [-0.1, -0.05) is 42.5 Å². The third-order valence-corrected chi connectivity index (χ3v) is 5.06. The molecule has 6 nitrogen and oxygen atoms in total. The van der Waals surface area contributed by atoms with Crippen LogP contribution < -0.4 is 19.7 Å². The van der Waals surface area contributed by atoms with Crippen LogP contribution in [0.2, 0.25) is 0 Å². The van der Waals surface area contributed by atoms with Crippen LogP contribution in [0.4, 0.5) is 11.4 Å². The number of nitrogens with one attached hydrogen (secondary N) is 1. The Bertz CT molecular complexity index is 1190. The van der Waals surface area contributed by atoms with Crippen molar-refractivity contribution in [3.05, 3.63) is 89.6 Å². The van der Waals surface area contributed by atoms with Crippen molar-refractivity contribution in [1.29, 1.82) is 0 Å². The van der Waals surface area contributed by atoms with Crippen LogP contribution >= 0.6 is 0 Å². The molecule has 3 aromatic carbocycles. The van der Waals surface area contributed by atoms with Gasteiger partial charge in [-0.25, -0.2) is 4.90 Å². The lowest BCUT2D eigenvalue weighted by Gasteiger charge is -2.17. The van der Waals surface area contributed by atoms with Crippen LogP contribution in [-0.4, -0.2) is 26.0 Å². The summed E-state index contributed by atoms with van der Waals surface area (Å²) in [6, 6.07) is 21.8. The van der Waals surface area contributed by atoms with E-state index in [2.05, 4.69) is 5.32 Å². The van der Waals surface area contributed by atoms with Gasteiger partial charge in [0.15, 0.2) is 11.5 Å².